The van der Waals surface area contributed by atoms with Gasteiger partial charge in [0.1, 0.15) is 0 Å². The molecule has 4 nitrogen and oxygen atoms in total. The summed E-state index contributed by atoms with van der Waals surface area (Å²) in [5.74, 6) is -0.0450. The first kappa shape index (κ1) is 14.0. The van der Waals surface area contributed by atoms with Gasteiger partial charge in [-0.15, -0.1) is 0 Å². The molecule has 0 aliphatic heterocycles. The lowest BCUT2D eigenvalue weighted by atomic mass is 10.1. The standard InChI is InChI=1S/C14H16IN3O/c1-9-5-4-6-12(13(9)15)14(19)16-7-11-8-17-18(3)10(11)2/h4-6,8H,7H2,1-3H3,(H,16,19). The summed E-state index contributed by atoms with van der Waals surface area (Å²) in [7, 11) is 1.89. The fraction of sp³-hybridized carbons (Fsp3) is 0.286. The first-order chi connectivity index (χ1) is 9.00. The van der Waals surface area contributed by atoms with Crippen molar-refractivity contribution in [2.75, 3.05) is 0 Å². The number of aromatic nitrogens is 2. The first-order valence-corrected chi connectivity index (χ1v) is 7.09. The maximum atomic E-state index is 12.2. The molecule has 0 fully saturated rings. The van der Waals surface area contributed by atoms with Crippen LogP contribution < -0.4 is 5.32 Å². The van der Waals surface area contributed by atoms with Crippen LogP contribution in [0.15, 0.2) is 24.4 Å². The van der Waals surface area contributed by atoms with Crippen molar-refractivity contribution in [2.45, 2.75) is 20.4 Å². The van der Waals surface area contributed by atoms with Gasteiger partial charge in [0.25, 0.3) is 5.91 Å². The van der Waals surface area contributed by atoms with Crippen molar-refractivity contribution in [2.24, 2.45) is 7.05 Å². The van der Waals surface area contributed by atoms with E-state index in [1.54, 1.807) is 10.9 Å². The van der Waals surface area contributed by atoms with Gasteiger partial charge in [-0.1, -0.05) is 12.1 Å². The maximum absolute atomic E-state index is 12.2. The number of hydrogen-bond acceptors (Lipinski definition) is 2. The highest BCUT2D eigenvalue weighted by Crippen LogP contribution is 2.16. The number of amides is 1. The van der Waals surface area contributed by atoms with Gasteiger partial charge in [-0.25, -0.2) is 0 Å². The number of rotatable bonds is 3. The first-order valence-electron chi connectivity index (χ1n) is 6.01. The normalized spacial score (nSPS) is 10.5. The largest absolute Gasteiger partial charge is 0.348 e. The number of aryl methyl sites for hydroxylation is 2. The Kier molecular flexibility index (Phi) is 4.24. The Morgan fingerprint density at radius 1 is 1.42 bits per heavy atom. The summed E-state index contributed by atoms with van der Waals surface area (Å²) < 4.78 is 2.80. The van der Waals surface area contributed by atoms with Crippen molar-refractivity contribution in [1.29, 1.82) is 0 Å². The third-order valence-corrected chi connectivity index (χ3v) is 4.64. The molecule has 0 saturated heterocycles. The van der Waals surface area contributed by atoms with Crippen molar-refractivity contribution in [3.63, 3.8) is 0 Å². The lowest BCUT2D eigenvalue weighted by Crippen LogP contribution is -2.24. The molecule has 1 aromatic carbocycles. The Labute approximate surface area is 126 Å². The molecule has 0 aliphatic carbocycles. The minimum absolute atomic E-state index is 0.0450. The highest BCUT2D eigenvalue weighted by Gasteiger charge is 2.12. The molecule has 0 aliphatic rings. The second kappa shape index (κ2) is 5.73. The van der Waals surface area contributed by atoms with Gasteiger partial charge >= 0.3 is 0 Å². The predicted molar refractivity (Wildman–Crippen MR) is 83.0 cm³/mol. The molecule has 1 N–H and O–H groups in total. The van der Waals surface area contributed by atoms with Gasteiger partial charge < -0.3 is 5.32 Å². The fourth-order valence-electron chi connectivity index (χ4n) is 1.81. The Morgan fingerprint density at radius 3 is 2.79 bits per heavy atom. The van der Waals surface area contributed by atoms with Crippen LogP contribution in [0.4, 0.5) is 0 Å². The third kappa shape index (κ3) is 2.97. The summed E-state index contributed by atoms with van der Waals surface area (Å²) >= 11 is 2.21. The van der Waals surface area contributed by atoms with Gasteiger partial charge in [0, 0.05) is 28.4 Å². The van der Waals surface area contributed by atoms with Gasteiger partial charge in [-0.2, -0.15) is 5.10 Å². The minimum Gasteiger partial charge on any atom is -0.348 e. The quantitative estimate of drug-likeness (QED) is 0.846. The fourth-order valence-corrected chi connectivity index (χ4v) is 2.42. The molecule has 1 heterocycles. The van der Waals surface area contributed by atoms with Gasteiger partial charge in [0.2, 0.25) is 0 Å². The van der Waals surface area contributed by atoms with Crippen LogP contribution in [0.1, 0.15) is 27.2 Å². The molecule has 2 rings (SSSR count). The Bertz CT molecular complexity index is 619. The maximum Gasteiger partial charge on any atom is 0.252 e. The van der Waals surface area contributed by atoms with E-state index < -0.39 is 0 Å². The molecule has 1 aromatic heterocycles. The number of benzene rings is 1. The second-order valence-electron chi connectivity index (χ2n) is 4.50. The van der Waals surface area contributed by atoms with Crippen LogP contribution in [0.3, 0.4) is 0 Å². The van der Waals surface area contributed by atoms with E-state index >= 15 is 0 Å². The highest BCUT2D eigenvalue weighted by atomic mass is 127. The smallest absolute Gasteiger partial charge is 0.252 e. The number of carbonyl (C=O) groups is 1. The van der Waals surface area contributed by atoms with Crippen molar-refractivity contribution in [1.82, 2.24) is 15.1 Å². The topological polar surface area (TPSA) is 46.9 Å². The molecule has 19 heavy (non-hydrogen) atoms. The van der Waals surface area contributed by atoms with Gasteiger partial charge in [0.15, 0.2) is 0 Å². The van der Waals surface area contributed by atoms with E-state index in [4.69, 9.17) is 0 Å². The van der Waals surface area contributed by atoms with Crippen molar-refractivity contribution in [3.8, 4) is 0 Å². The zero-order valence-corrected chi connectivity index (χ0v) is 13.4. The Balaban J connectivity index is 2.10. The molecule has 100 valence electrons. The van der Waals surface area contributed by atoms with Crippen LogP contribution in [0.25, 0.3) is 0 Å². The summed E-state index contributed by atoms with van der Waals surface area (Å²) in [6, 6.07) is 5.76. The number of nitrogens with one attached hydrogen (secondary N) is 1. The molecule has 5 heteroatoms. The molecule has 0 bridgehead atoms. The summed E-state index contributed by atoms with van der Waals surface area (Å²) in [6.45, 7) is 4.50. The van der Waals surface area contributed by atoms with Gasteiger partial charge in [-0.05, 0) is 48.1 Å². The predicted octanol–water partition coefficient (Wildman–Crippen LogP) is 2.57. The SMILES string of the molecule is Cc1cccc(C(=O)NCc2cnn(C)c2C)c1I. The molecular weight excluding hydrogens is 353 g/mol. The van der Waals surface area contributed by atoms with E-state index in [0.717, 1.165) is 26.0 Å². The minimum atomic E-state index is -0.0450. The molecule has 0 atom stereocenters. The van der Waals surface area contributed by atoms with E-state index in [2.05, 4.69) is 33.0 Å². The van der Waals surface area contributed by atoms with Crippen LogP contribution in [0.2, 0.25) is 0 Å². The van der Waals surface area contributed by atoms with Crippen LogP contribution >= 0.6 is 22.6 Å². The molecule has 0 radical (unpaired) electrons. The van der Waals surface area contributed by atoms with Crippen molar-refractivity contribution >= 4 is 28.5 Å². The Hall–Kier alpha value is -1.37. The Morgan fingerprint density at radius 2 is 2.16 bits per heavy atom. The highest BCUT2D eigenvalue weighted by molar-refractivity contribution is 14.1. The molecule has 0 saturated carbocycles. The summed E-state index contributed by atoms with van der Waals surface area (Å²) in [6.07, 6.45) is 1.79. The van der Waals surface area contributed by atoms with E-state index in [1.165, 1.54) is 0 Å². The summed E-state index contributed by atoms with van der Waals surface area (Å²) in [4.78, 5) is 12.2. The van der Waals surface area contributed by atoms with Crippen LogP contribution in [-0.2, 0) is 13.6 Å². The molecule has 1 amide bonds. The monoisotopic (exact) mass is 369 g/mol. The average Bonchev–Trinajstić information content (AvgIpc) is 2.70. The van der Waals surface area contributed by atoms with Crippen LogP contribution in [0, 0.1) is 17.4 Å². The van der Waals surface area contributed by atoms with Gasteiger partial charge in [-0.3, -0.25) is 9.48 Å². The van der Waals surface area contributed by atoms with E-state index in [1.807, 2.05) is 39.1 Å². The summed E-state index contributed by atoms with van der Waals surface area (Å²) in [5, 5.41) is 7.10. The number of nitrogens with zero attached hydrogens (tertiary/aromatic N) is 2. The van der Waals surface area contributed by atoms with Crippen LogP contribution in [0.5, 0.6) is 0 Å². The van der Waals surface area contributed by atoms with E-state index in [9.17, 15) is 4.79 Å². The lowest BCUT2D eigenvalue weighted by Gasteiger charge is -2.08. The molecule has 0 spiro atoms. The van der Waals surface area contributed by atoms with Gasteiger partial charge in [0.05, 0.1) is 11.8 Å². The number of hydrogen-bond donors (Lipinski definition) is 1. The van der Waals surface area contributed by atoms with Crippen LogP contribution in [-0.4, -0.2) is 15.7 Å². The molecule has 0 unspecified atom stereocenters. The average molecular weight is 369 g/mol. The number of carbonyl (C=O) groups excluding carboxylic acids is 1. The van der Waals surface area contributed by atoms with E-state index in [-0.39, 0.29) is 5.91 Å². The van der Waals surface area contributed by atoms with Crippen molar-refractivity contribution in [3.05, 3.63) is 50.4 Å². The zero-order valence-electron chi connectivity index (χ0n) is 11.2. The summed E-state index contributed by atoms with van der Waals surface area (Å²) in [5.41, 5.74) is 3.95. The molecule has 2 aromatic rings. The zero-order chi connectivity index (χ0) is 14.0. The third-order valence-electron chi connectivity index (χ3n) is 3.21. The van der Waals surface area contributed by atoms with E-state index in [0.29, 0.717) is 6.54 Å². The van der Waals surface area contributed by atoms with Crippen molar-refractivity contribution < 1.29 is 4.79 Å². The molecular formula is C14H16IN3O. The lowest BCUT2D eigenvalue weighted by molar-refractivity contribution is 0.0950. The second-order valence-corrected chi connectivity index (χ2v) is 5.58. The number of halogens is 1.